The quantitative estimate of drug-likeness (QED) is 0.871. The van der Waals surface area contributed by atoms with Crippen molar-refractivity contribution in [2.24, 2.45) is 5.73 Å². The van der Waals surface area contributed by atoms with Gasteiger partial charge < -0.3 is 5.73 Å². The Balaban J connectivity index is 2.05. The van der Waals surface area contributed by atoms with Crippen molar-refractivity contribution < 1.29 is 13.2 Å². The van der Waals surface area contributed by atoms with Crippen LogP contribution in [0.4, 0.5) is 0 Å². The molecule has 112 valence electrons. The van der Waals surface area contributed by atoms with Gasteiger partial charge in [0.2, 0.25) is 5.91 Å². The summed E-state index contributed by atoms with van der Waals surface area (Å²) in [6, 6.07) is 2.71. The molecule has 0 bridgehead atoms. The highest BCUT2D eigenvalue weighted by molar-refractivity contribution is 7.91. The van der Waals surface area contributed by atoms with Gasteiger partial charge in [-0.25, -0.2) is 8.42 Å². The van der Waals surface area contributed by atoms with Crippen molar-refractivity contribution in [1.29, 1.82) is 0 Å². The normalized spacial score (nSPS) is 19.9. The third-order valence-corrected chi connectivity index (χ3v) is 6.97. The van der Waals surface area contributed by atoms with E-state index in [0.29, 0.717) is 30.5 Å². The Morgan fingerprint density at radius 3 is 2.40 bits per heavy atom. The highest BCUT2D eigenvalue weighted by Gasteiger charge is 2.31. The van der Waals surface area contributed by atoms with Crippen molar-refractivity contribution in [3.63, 3.8) is 0 Å². The van der Waals surface area contributed by atoms with Crippen LogP contribution in [0, 0.1) is 0 Å². The lowest BCUT2D eigenvalue weighted by Crippen LogP contribution is -2.54. The Hall–Kier alpha value is -0.670. The predicted octanol–water partition coefficient (Wildman–Crippen LogP) is 0.582. The number of halogens is 1. The first-order valence-electron chi connectivity index (χ1n) is 6.11. The molecule has 9 heteroatoms. The van der Waals surface area contributed by atoms with Crippen LogP contribution in [0.5, 0.6) is 0 Å². The number of piperazine rings is 1. The van der Waals surface area contributed by atoms with Crippen LogP contribution in [-0.2, 0) is 14.8 Å². The average molecular weight is 338 g/mol. The van der Waals surface area contributed by atoms with E-state index in [0.717, 1.165) is 11.3 Å². The van der Waals surface area contributed by atoms with Gasteiger partial charge in [-0.1, -0.05) is 11.6 Å². The van der Waals surface area contributed by atoms with Gasteiger partial charge in [-0.2, -0.15) is 4.31 Å². The van der Waals surface area contributed by atoms with Crippen LogP contribution in [0.1, 0.15) is 6.92 Å². The van der Waals surface area contributed by atoms with E-state index < -0.39 is 15.9 Å². The molecule has 1 saturated heterocycles. The van der Waals surface area contributed by atoms with Crippen molar-refractivity contribution in [1.82, 2.24) is 9.21 Å². The van der Waals surface area contributed by atoms with Crippen molar-refractivity contribution in [3.05, 3.63) is 16.5 Å². The molecule has 1 atom stereocenters. The van der Waals surface area contributed by atoms with Gasteiger partial charge >= 0.3 is 0 Å². The highest BCUT2D eigenvalue weighted by atomic mass is 35.5. The molecule has 1 aliphatic heterocycles. The predicted molar refractivity (Wildman–Crippen MR) is 78.3 cm³/mol. The minimum absolute atomic E-state index is 0.249. The minimum Gasteiger partial charge on any atom is -0.368 e. The SMILES string of the molecule is C[C@@H](C(N)=O)N1CCN(S(=O)(=O)c2ccc(Cl)s2)CC1. The smallest absolute Gasteiger partial charge is 0.252 e. The van der Waals surface area contributed by atoms with Gasteiger partial charge in [-0.15, -0.1) is 11.3 Å². The fraction of sp³-hybridized carbons (Fsp3) is 0.545. The summed E-state index contributed by atoms with van der Waals surface area (Å²) in [6.45, 7) is 3.39. The molecule has 2 rings (SSSR count). The average Bonchev–Trinajstić information content (AvgIpc) is 2.85. The van der Waals surface area contributed by atoms with Crippen LogP contribution in [0.2, 0.25) is 4.34 Å². The fourth-order valence-electron chi connectivity index (χ4n) is 2.07. The summed E-state index contributed by atoms with van der Waals surface area (Å²) in [5.41, 5.74) is 5.26. The van der Waals surface area contributed by atoms with Crippen molar-refractivity contribution in [3.8, 4) is 0 Å². The van der Waals surface area contributed by atoms with Gasteiger partial charge in [0.05, 0.1) is 10.4 Å². The van der Waals surface area contributed by atoms with Crippen LogP contribution in [0.15, 0.2) is 16.3 Å². The largest absolute Gasteiger partial charge is 0.368 e. The van der Waals surface area contributed by atoms with Crippen LogP contribution in [0.25, 0.3) is 0 Å². The molecule has 1 aliphatic rings. The summed E-state index contributed by atoms with van der Waals surface area (Å²) in [6.07, 6.45) is 0. The lowest BCUT2D eigenvalue weighted by molar-refractivity contribution is -0.123. The molecule has 0 saturated carbocycles. The van der Waals surface area contributed by atoms with Crippen molar-refractivity contribution in [2.45, 2.75) is 17.2 Å². The molecule has 1 aromatic heterocycles. The van der Waals surface area contributed by atoms with Crippen molar-refractivity contribution in [2.75, 3.05) is 26.2 Å². The van der Waals surface area contributed by atoms with Gasteiger partial charge in [0.15, 0.2) is 0 Å². The third-order valence-electron chi connectivity index (χ3n) is 3.38. The van der Waals surface area contributed by atoms with Crippen molar-refractivity contribution >= 4 is 38.9 Å². The molecule has 1 amide bonds. The molecule has 2 N–H and O–H groups in total. The number of carbonyl (C=O) groups excluding carboxylic acids is 1. The second-order valence-electron chi connectivity index (χ2n) is 4.58. The molecule has 0 radical (unpaired) electrons. The lowest BCUT2D eigenvalue weighted by atomic mass is 10.2. The van der Waals surface area contributed by atoms with E-state index in [2.05, 4.69) is 0 Å². The first-order valence-corrected chi connectivity index (χ1v) is 8.74. The van der Waals surface area contributed by atoms with E-state index in [4.69, 9.17) is 17.3 Å². The molecule has 1 fully saturated rings. The van der Waals surface area contributed by atoms with E-state index in [9.17, 15) is 13.2 Å². The number of nitrogens with two attached hydrogens (primary N) is 1. The maximum atomic E-state index is 12.4. The summed E-state index contributed by atoms with van der Waals surface area (Å²) < 4.78 is 26.9. The second-order valence-corrected chi connectivity index (χ2v) is 8.46. The number of hydrogen-bond donors (Lipinski definition) is 1. The first kappa shape index (κ1) is 15.7. The van der Waals surface area contributed by atoms with Crippen LogP contribution in [-0.4, -0.2) is 55.8 Å². The Morgan fingerprint density at radius 1 is 1.35 bits per heavy atom. The number of thiophene rings is 1. The number of hydrogen-bond acceptors (Lipinski definition) is 5. The number of carbonyl (C=O) groups is 1. The third kappa shape index (κ3) is 3.15. The highest BCUT2D eigenvalue weighted by Crippen LogP contribution is 2.28. The second kappa shape index (κ2) is 5.98. The zero-order valence-corrected chi connectivity index (χ0v) is 13.3. The Morgan fingerprint density at radius 2 is 1.95 bits per heavy atom. The van der Waals surface area contributed by atoms with E-state index in [1.54, 1.807) is 13.0 Å². The Bertz CT molecular complexity index is 594. The molecule has 20 heavy (non-hydrogen) atoms. The lowest BCUT2D eigenvalue weighted by Gasteiger charge is -2.35. The minimum atomic E-state index is -3.49. The number of primary amides is 1. The summed E-state index contributed by atoms with van der Waals surface area (Å²) >= 11 is 6.83. The zero-order valence-electron chi connectivity index (χ0n) is 11.0. The molecule has 0 aromatic carbocycles. The monoisotopic (exact) mass is 337 g/mol. The first-order chi connectivity index (χ1) is 9.32. The maximum Gasteiger partial charge on any atom is 0.252 e. The Labute approximate surface area is 127 Å². The Kier molecular flexibility index (Phi) is 4.70. The summed E-state index contributed by atoms with van der Waals surface area (Å²) in [7, 11) is -3.49. The number of sulfonamides is 1. The molecule has 2 heterocycles. The molecule has 0 aliphatic carbocycles. The number of rotatable bonds is 4. The molecular formula is C11H16ClN3O3S2. The summed E-state index contributed by atoms with van der Waals surface area (Å²) in [5.74, 6) is -0.397. The number of nitrogens with zero attached hydrogens (tertiary/aromatic N) is 2. The summed E-state index contributed by atoms with van der Waals surface area (Å²) in [5, 5.41) is 0. The fourth-order valence-corrected chi connectivity index (χ4v) is 5.13. The van der Waals surface area contributed by atoms with E-state index in [1.165, 1.54) is 10.4 Å². The molecule has 6 nitrogen and oxygen atoms in total. The zero-order chi connectivity index (χ0) is 14.9. The van der Waals surface area contributed by atoms with E-state index >= 15 is 0 Å². The number of amides is 1. The van der Waals surface area contributed by atoms with Gasteiger partial charge in [0.1, 0.15) is 4.21 Å². The standard InChI is InChI=1S/C11H16ClN3O3S2/c1-8(11(13)16)14-4-6-15(7-5-14)20(17,18)10-3-2-9(12)19-10/h2-3,8H,4-7H2,1H3,(H2,13,16)/t8-/m0/s1. The van der Waals surface area contributed by atoms with Gasteiger partial charge in [-0.05, 0) is 19.1 Å². The molecule has 0 spiro atoms. The summed E-state index contributed by atoms with van der Waals surface area (Å²) in [4.78, 5) is 13.0. The molecular weight excluding hydrogens is 322 g/mol. The topological polar surface area (TPSA) is 83.7 Å². The van der Waals surface area contributed by atoms with E-state index in [-0.39, 0.29) is 10.3 Å². The van der Waals surface area contributed by atoms with Gasteiger partial charge in [0.25, 0.3) is 10.0 Å². The van der Waals surface area contributed by atoms with Crippen LogP contribution in [0.3, 0.4) is 0 Å². The maximum absolute atomic E-state index is 12.4. The van der Waals surface area contributed by atoms with E-state index in [1.807, 2.05) is 4.90 Å². The van der Waals surface area contributed by atoms with Gasteiger partial charge in [0, 0.05) is 26.2 Å². The van der Waals surface area contributed by atoms with Crippen LogP contribution >= 0.6 is 22.9 Å². The van der Waals surface area contributed by atoms with Crippen LogP contribution < -0.4 is 5.73 Å². The van der Waals surface area contributed by atoms with Gasteiger partial charge in [-0.3, -0.25) is 9.69 Å². The molecule has 1 aromatic rings. The molecule has 0 unspecified atom stereocenters.